The zero-order valence-electron chi connectivity index (χ0n) is 28.5. The van der Waals surface area contributed by atoms with Crippen LogP contribution in [0.15, 0.2) is 0 Å². The minimum Gasteiger partial charge on any atom is -0.382 e. The van der Waals surface area contributed by atoms with Gasteiger partial charge in [-0.1, -0.05) is 168 Å². The van der Waals surface area contributed by atoms with Crippen molar-refractivity contribution in [1.82, 2.24) is 0 Å². The van der Waals surface area contributed by atoms with E-state index < -0.39 is 37.7 Å². The summed E-state index contributed by atoms with van der Waals surface area (Å²) in [6.07, 6.45) is 27.4. The zero-order chi connectivity index (χ0) is 32.9. The highest BCUT2D eigenvalue weighted by Crippen LogP contribution is 2.38. The third kappa shape index (κ3) is 24.6. The van der Waals surface area contributed by atoms with Gasteiger partial charge in [0.15, 0.2) is 23.3 Å². The van der Waals surface area contributed by atoms with E-state index in [0.717, 1.165) is 44.9 Å². The van der Waals surface area contributed by atoms with Gasteiger partial charge in [-0.05, 0) is 12.8 Å². The normalized spacial score (nSPS) is 14.0. The highest BCUT2D eigenvalue weighted by Gasteiger charge is 2.47. The van der Waals surface area contributed by atoms with Crippen LogP contribution in [-0.2, 0) is 18.7 Å². The molecule has 0 heterocycles. The molecule has 0 fully saturated rings. The van der Waals surface area contributed by atoms with Crippen molar-refractivity contribution in [1.29, 1.82) is 0 Å². The van der Waals surface area contributed by atoms with E-state index in [1.54, 1.807) is 0 Å². The summed E-state index contributed by atoms with van der Waals surface area (Å²) in [5, 5.41) is 21.6. The van der Waals surface area contributed by atoms with Crippen molar-refractivity contribution in [3.8, 4) is 0 Å². The van der Waals surface area contributed by atoms with Crippen molar-refractivity contribution >= 4 is 19.4 Å². The van der Waals surface area contributed by atoms with E-state index in [1.807, 2.05) is 0 Å². The lowest BCUT2D eigenvalue weighted by Crippen LogP contribution is -2.56. The minimum atomic E-state index is -5.02. The van der Waals surface area contributed by atoms with Crippen LogP contribution in [0, 0.1) is 0 Å². The molecule has 0 aromatic heterocycles. The van der Waals surface area contributed by atoms with Crippen molar-refractivity contribution in [2.75, 3.05) is 6.61 Å². The molecule has 0 saturated carbocycles. The van der Waals surface area contributed by atoms with E-state index in [1.165, 1.54) is 109 Å². The van der Waals surface area contributed by atoms with Gasteiger partial charge in [-0.25, -0.2) is 4.57 Å². The summed E-state index contributed by atoms with van der Waals surface area (Å²) in [5.74, 6) is -1.52. The fourth-order valence-corrected chi connectivity index (χ4v) is 6.10. The Morgan fingerprint density at radius 2 is 0.864 bits per heavy atom. The Labute approximate surface area is 269 Å². The van der Waals surface area contributed by atoms with E-state index in [2.05, 4.69) is 18.4 Å². The quantitative estimate of drug-likeness (QED) is 0.0400. The lowest BCUT2D eigenvalue weighted by atomic mass is 9.85. The second-order valence-corrected chi connectivity index (χ2v) is 14.2. The molecule has 0 radical (unpaired) electrons. The number of unbranched alkanes of at least 4 members (excludes halogenated alkanes) is 24. The minimum absolute atomic E-state index is 0.0107. The van der Waals surface area contributed by atoms with Crippen LogP contribution in [0.1, 0.15) is 194 Å². The first-order chi connectivity index (χ1) is 21.1. The van der Waals surface area contributed by atoms with Crippen LogP contribution in [0.3, 0.4) is 0 Å². The van der Waals surface area contributed by atoms with Gasteiger partial charge in [-0.3, -0.25) is 14.1 Å². The Morgan fingerprint density at radius 3 is 1.18 bits per heavy atom. The molecule has 2 atom stereocenters. The number of carbonyl (C=O) groups is 2. The molecule has 0 aliphatic rings. The van der Waals surface area contributed by atoms with Gasteiger partial charge < -0.3 is 20.0 Å². The smallest absolute Gasteiger partial charge is 0.382 e. The molecule has 0 aromatic rings. The van der Waals surface area contributed by atoms with Gasteiger partial charge in [0.2, 0.25) is 0 Å². The van der Waals surface area contributed by atoms with Gasteiger partial charge in [0.25, 0.3) is 0 Å². The molecule has 0 rings (SSSR count). The second kappa shape index (κ2) is 28.6. The maximum atomic E-state index is 12.9. The van der Waals surface area contributed by atoms with Crippen LogP contribution in [0.4, 0.5) is 0 Å². The summed E-state index contributed by atoms with van der Waals surface area (Å²) in [7, 11) is -5.02. The van der Waals surface area contributed by atoms with E-state index in [-0.39, 0.29) is 12.8 Å². The van der Waals surface area contributed by atoms with Crippen molar-refractivity contribution in [2.24, 2.45) is 0 Å². The Morgan fingerprint density at radius 1 is 0.568 bits per heavy atom. The largest absolute Gasteiger partial charge is 0.469 e. The van der Waals surface area contributed by atoms with Crippen LogP contribution in [0.25, 0.3) is 0 Å². The fraction of sp³-hybridized carbons (Fsp3) is 0.943. The van der Waals surface area contributed by atoms with E-state index >= 15 is 0 Å². The molecule has 0 aliphatic heterocycles. The predicted molar refractivity (Wildman–Crippen MR) is 180 cm³/mol. The summed E-state index contributed by atoms with van der Waals surface area (Å²) in [6, 6.07) is 0. The third-order valence-electron chi connectivity index (χ3n) is 8.73. The molecule has 262 valence electrons. The Kier molecular flexibility index (Phi) is 28.2. The van der Waals surface area contributed by atoms with E-state index in [4.69, 9.17) is 9.79 Å². The second-order valence-electron chi connectivity index (χ2n) is 13.0. The van der Waals surface area contributed by atoms with Crippen molar-refractivity contribution in [2.45, 2.75) is 205 Å². The number of carbonyl (C=O) groups excluding carboxylic acids is 2. The predicted octanol–water partition coefficient (Wildman–Crippen LogP) is 9.29. The molecular formula is C35H69O8P. The number of hydrogen-bond donors (Lipinski definition) is 4. The number of phosphoric acid groups is 1. The molecule has 0 aliphatic carbocycles. The van der Waals surface area contributed by atoms with E-state index in [9.17, 15) is 24.4 Å². The SMILES string of the molecule is CCCCCCCCCCCCCCCC(=O)[C@H](O)[C@](O)(COP(=O)(O)O)C(=O)CCCCCCCCCCCCCCC. The van der Waals surface area contributed by atoms with Gasteiger partial charge in [-0.15, -0.1) is 0 Å². The lowest BCUT2D eigenvalue weighted by molar-refractivity contribution is -0.165. The van der Waals surface area contributed by atoms with Crippen LogP contribution >= 0.6 is 7.82 Å². The summed E-state index contributed by atoms with van der Waals surface area (Å²) in [4.78, 5) is 43.9. The van der Waals surface area contributed by atoms with Gasteiger partial charge in [0, 0.05) is 12.8 Å². The van der Waals surface area contributed by atoms with Crippen LogP contribution < -0.4 is 0 Å². The van der Waals surface area contributed by atoms with Gasteiger partial charge in [0.05, 0.1) is 6.61 Å². The molecule has 0 amide bonds. The van der Waals surface area contributed by atoms with Crippen molar-refractivity contribution in [3.63, 3.8) is 0 Å². The maximum absolute atomic E-state index is 12.9. The number of aliphatic hydroxyl groups is 2. The Balaban J connectivity index is 4.31. The number of rotatable bonds is 34. The number of phosphoric ester groups is 1. The first kappa shape index (κ1) is 43.4. The molecule has 4 N–H and O–H groups in total. The summed E-state index contributed by atoms with van der Waals surface area (Å²) >= 11 is 0. The summed E-state index contributed by atoms with van der Waals surface area (Å²) in [5.41, 5.74) is -2.67. The zero-order valence-corrected chi connectivity index (χ0v) is 29.3. The molecule has 0 spiro atoms. The molecular weight excluding hydrogens is 579 g/mol. The average Bonchev–Trinajstić information content (AvgIpc) is 2.99. The monoisotopic (exact) mass is 648 g/mol. The molecule has 0 aromatic carbocycles. The van der Waals surface area contributed by atoms with Crippen LogP contribution in [0.2, 0.25) is 0 Å². The molecule has 0 unspecified atom stereocenters. The van der Waals surface area contributed by atoms with Crippen molar-refractivity contribution in [3.05, 3.63) is 0 Å². The van der Waals surface area contributed by atoms with Gasteiger partial charge in [0.1, 0.15) is 0 Å². The molecule has 9 heteroatoms. The van der Waals surface area contributed by atoms with Gasteiger partial charge in [-0.2, -0.15) is 0 Å². The Hall–Kier alpha value is -0.630. The summed E-state index contributed by atoms with van der Waals surface area (Å²) in [6.45, 7) is 3.33. The Bertz CT molecular complexity index is 740. The number of ketones is 2. The lowest BCUT2D eigenvalue weighted by Gasteiger charge is -2.30. The average molecular weight is 649 g/mol. The number of hydrogen-bond acceptors (Lipinski definition) is 6. The third-order valence-corrected chi connectivity index (χ3v) is 9.19. The number of aliphatic hydroxyl groups excluding tert-OH is 1. The maximum Gasteiger partial charge on any atom is 0.469 e. The molecule has 0 saturated heterocycles. The highest BCUT2D eigenvalue weighted by atomic mass is 31.2. The molecule has 44 heavy (non-hydrogen) atoms. The molecule has 0 bridgehead atoms. The topological polar surface area (TPSA) is 141 Å². The summed E-state index contributed by atoms with van der Waals surface area (Å²) < 4.78 is 15.7. The number of Topliss-reactive ketones (excluding diaryl/α,β-unsaturated/α-hetero) is 2. The van der Waals surface area contributed by atoms with Crippen molar-refractivity contribution < 1.29 is 38.7 Å². The van der Waals surface area contributed by atoms with Crippen LogP contribution in [0.5, 0.6) is 0 Å². The first-order valence-electron chi connectivity index (χ1n) is 18.2. The van der Waals surface area contributed by atoms with E-state index in [0.29, 0.717) is 12.8 Å². The molecule has 8 nitrogen and oxygen atoms in total. The highest BCUT2D eigenvalue weighted by molar-refractivity contribution is 7.46. The van der Waals surface area contributed by atoms with Crippen LogP contribution in [-0.4, -0.2) is 49.9 Å². The fourth-order valence-electron chi connectivity index (χ4n) is 5.73. The van der Waals surface area contributed by atoms with Gasteiger partial charge >= 0.3 is 7.82 Å². The standard InChI is InChI=1S/C35H69O8P/c1-3-5-7-9-11-13-15-17-19-21-23-25-27-29-32(36)34(38)35(39,31-43-44(40,41)42)33(37)30-28-26-24-22-20-18-16-14-12-10-8-6-4-2/h34,38-39H,3-31H2,1-2H3,(H2,40,41,42)/t34-,35-/m0/s1. The first-order valence-corrected chi connectivity index (χ1v) is 19.8.